The van der Waals surface area contributed by atoms with E-state index < -0.39 is 23.3 Å². The van der Waals surface area contributed by atoms with Crippen molar-refractivity contribution in [1.82, 2.24) is 20.5 Å². The van der Waals surface area contributed by atoms with Crippen molar-refractivity contribution in [3.8, 4) is 5.75 Å². The van der Waals surface area contributed by atoms with Crippen molar-refractivity contribution in [3.05, 3.63) is 66.0 Å². The summed E-state index contributed by atoms with van der Waals surface area (Å²) < 4.78 is 11.5. The molecule has 1 aliphatic rings. The molecule has 32 heavy (non-hydrogen) atoms. The first-order valence-electron chi connectivity index (χ1n) is 10.4. The average molecular weight is 429 g/mol. The lowest BCUT2D eigenvalue weighted by Gasteiger charge is -2.36. The molecular formula is C20H22B3N5O4. The van der Waals surface area contributed by atoms with E-state index in [1.165, 1.54) is 0 Å². The number of rotatable bonds is 5. The minimum atomic E-state index is -0.972. The number of fused-ring (bicyclic) bond motifs is 1. The number of nitrogens with one attached hydrogen (secondary N) is 1. The third-order valence-corrected chi connectivity index (χ3v) is 5.05. The van der Waals surface area contributed by atoms with Gasteiger partial charge in [0, 0.05) is 6.20 Å². The Morgan fingerprint density at radius 2 is 1.91 bits per heavy atom. The fourth-order valence-corrected chi connectivity index (χ4v) is 3.57. The van der Waals surface area contributed by atoms with Gasteiger partial charge in [0.25, 0.3) is 5.91 Å². The lowest BCUT2D eigenvalue weighted by molar-refractivity contribution is -0.122. The van der Waals surface area contributed by atoms with E-state index in [-0.39, 0.29) is 11.8 Å². The van der Waals surface area contributed by atoms with Crippen LogP contribution in [0.5, 0.6) is 5.75 Å². The summed E-state index contributed by atoms with van der Waals surface area (Å²) >= 11 is 0. The molecule has 0 saturated heterocycles. The van der Waals surface area contributed by atoms with Gasteiger partial charge in [-0.25, -0.2) is 4.98 Å². The Balaban J connectivity index is 1.56. The minimum Gasteiger partial charge on any atom is -0.484 e. The van der Waals surface area contributed by atoms with E-state index in [0.29, 0.717) is 23.9 Å². The smallest absolute Gasteiger partial charge is 0.309 e. The second-order valence-corrected chi connectivity index (χ2v) is 8.61. The van der Waals surface area contributed by atoms with Gasteiger partial charge in [0.1, 0.15) is 35.7 Å². The summed E-state index contributed by atoms with van der Waals surface area (Å²) in [6.45, 7) is 1.72. The molecular weight excluding hydrogens is 407 g/mol. The Kier molecular flexibility index (Phi) is 5.77. The van der Waals surface area contributed by atoms with Crippen LogP contribution in [-0.2, 0) is 11.2 Å². The number of amides is 2. The first kappa shape index (κ1) is 21.7. The van der Waals surface area contributed by atoms with Crippen LogP contribution in [0.3, 0.4) is 0 Å². The number of carbonyl (C=O) groups is 2. The van der Waals surface area contributed by atoms with Gasteiger partial charge in [0.2, 0.25) is 5.89 Å². The van der Waals surface area contributed by atoms with Crippen LogP contribution in [0.2, 0.25) is 0 Å². The molecule has 160 valence electrons. The number of aromatic nitrogens is 3. The molecule has 0 saturated carbocycles. The van der Waals surface area contributed by atoms with E-state index in [9.17, 15) is 9.59 Å². The van der Waals surface area contributed by atoms with Crippen molar-refractivity contribution in [3.63, 3.8) is 0 Å². The zero-order valence-corrected chi connectivity index (χ0v) is 18.4. The molecule has 0 bridgehead atoms. The van der Waals surface area contributed by atoms with Crippen molar-refractivity contribution in [2.75, 3.05) is 4.90 Å². The standard InChI is InChI=1S/C20H22B3N5O4/c1-11-15(19(30)28(20(21,22)23)16-13(31-11)8-5-9-24-16)25-17(29)18-27-26-14(32-18)10-12-6-3-2-4-7-12/h2-9,11,15H,10,21-23H2,1H3,(H,25,29)/t11-,15+/m1/s1. The quantitative estimate of drug-likeness (QED) is 0.491. The zero-order valence-electron chi connectivity index (χ0n) is 18.4. The molecule has 0 fully saturated rings. The van der Waals surface area contributed by atoms with E-state index in [1.54, 1.807) is 30.2 Å². The van der Waals surface area contributed by atoms with Gasteiger partial charge in [-0.05, 0) is 29.9 Å². The molecule has 0 aliphatic carbocycles. The van der Waals surface area contributed by atoms with Crippen LogP contribution in [0.1, 0.15) is 29.1 Å². The van der Waals surface area contributed by atoms with Crippen LogP contribution < -0.4 is 15.0 Å². The topological polar surface area (TPSA) is 110 Å². The predicted octanol–water partition coefficient (Wildman–Crippen LogP) is -1.52. The van der Waals surface area contributed by atoms with Crippen LogP contribution in [0.15, 0.2) is 53.1 Å². The van der Waals surface area contributed by atoms with Gasteiger partial charge >= 0.3 is 11.8 Å². The molecule has 1 aromatic carbocycles. The van der Waals surface area contributed by atoms with Gasteiger partial charge in [0.05, 0.1) is 6.42 Å². The molecule has 2 aromatic heterocycles. The zero-order chi connectivity index (χ0) is 22.9. The largest absolute Gasteiger partial charge is 0.484 e. The Bertz CT molecular complexity index is 1140. The summed E-state index contributed by atoms with van der Waals surface area (Å²) in [4.78, 5) is 32.3. The van der Waals surface area contributed by atoms with E-state index in [4.69, 9.17) is 9.15 Å². The molecule has 0 radical (unpaired) electrons. The highest BCUT2D eigenvalue weighted by atomic mass is 16.5. The SMILES string of the molecule is BC(B)(B)N1C(=O)[C@@H](NC(=O)c2nnc(Cc3ccccc3)o2)[C@@H](C)Oc2cccnc21. The molecule has 3 heterocycles. The van der Waals surface area contributed by atoms with Crippen LogP contribution >= 0.6 is 0 Å². The number of ether oxygens (including phenoxy) is 1. The normalized spacial score (nSPS) is 18.4. The lowest BCUT2D eigenvalue weighted by atomic mass is 9.48. The molecule has 4 rings (SSSR count). The molecule has 0 unspecified atom stereocenters. The summed E-state index contributed by atoms with van der Waals surface area (Å²) in [5.74, 6) is 0.0154. The third-order valence-electron chi connectivity index (χ3n) is 5.05. The van der Waals surface area contributed by atoms with E-state index in [2.05, 4.69) is 20.5 Å². The first-order valence-corrected chi connectivity index (χ1v) is 10.4. The molecule has 2 amide bonds. The second kappa shape index (κ2) is 8.53. The third kappa shape index (κ3) is 4.39. The Morgan fingerprint density at radius 3 is 2.62 bits per heavy atom. The van der Waals surface area contributed by atoms with Crippen molar-refractivity contribution in [2.24, 2.45) is 0 Å². The number of benzene rings is 1. The van der Waals surface area contributed by atoms with Gasteiger partial charge in [-0.1, -0.05) is 30.3 Å². The maximum Gasteiger partial charge on any atom is 0.309 e. The van der Waals surface area contributed by atoms with E-state index >= 15 is 0 Å². The Hall–Kier alpha value is -3.56. The average Bonchev–Trinajstić information content (AvgIpc) is 3.17. The molecule has 9 nitrogen and oxygen atoms in total. The highest BCUT2D eigenvalue weighted by Gasteiger charge is 2.42. The fraction of sp³-hybridized carbons (Fsp3) is 0.250. The maximum absolute atomic E-state index is 13.5. The van der Waals surface area contributed by atoms with E-state index in [0.717, 1.165) is 5.56 Å². The predicted molar refractivity (Wildman–Crippen MR) is 125 cm³/mol. The molecule has 1 aliphatic heterocycles. The minimum absolute atomic E-state index is 0.210. The van der Waals surface area contributed by atoms with Crippen molar-refractivity contribution in [2.45, 2.75) is 30.7 Å². The van der Waals surface area contributed by atoms with Crippen LogP contribution in [-0.4, -0.2) is 67.9 Å². The number of anilines is 1. The summed E-state index contributed by atoms with van der Waals surface area (Å²) in [5, 5.41) is 9.92. The molecule has 2 atom stereocenters. The van der Waals surface area contributed by atoms with Gasteiger partial charge in [-0.3, -0.25) is 9.59 Å². The number of hydrogen-bond acceptors (Lipinski definition) is 7. The van der Waals surface area contributed by atoms with Gasteiger partial charge < -0.3 is 19.4 Å². The number of pyridine rings is 1. The fourth-order valence-electron chi connectivity index (χ4n) is 3.57. The maximum atomic E-state index is 13.5. The molecule has 3 aromatic rings. The summed E-state index contributed by atoms with van der Waals surface area (Å²) in [5.41, 5.74) is 0.982. The van der Waals surface area contributed by atoms with Crippen molar-refractivity contribution in [1.29, 1.82) is 0 Å². The monoisotopic (exact) mass is 429 g/mol. The number of carbonyl (C=O) groups excluding carboxylic acids is 2. The van der Waals surface area contributed by atoms with Gasteiger partial charge in [-0.2, -0.15) is 0 Å². The van der Waals surface area contributed by atoms with Crippen LogP contribution in [0, 0.1) is 0 Å². The van der Waals surface area contributed by atoms with Gasteiger partial charge in [0.15, 0.2) is 11.6 Å². The van der Waals surface area contributed by atoms with Crippen LogP contribution in [0.25, 0.3) is 0 Å². The van der Waals surface area contributed by atoms with Crippen molar-refractivity contribution < 1.29 is 18.7 Å². The summed E-state index contributed by atoms with van der Waals surface area (Å²) in [6.07, 6.45) is 1.36. The molecule has 1 N–H and O–H groups in total. The molecule has 0 spiro atoms. The first-order chi connectivity index (χ1) is 15.2. The molecule has 12 heteroatoms. The Morgan fingerprint density at radius 1 is 1.16 bits per heavy atom. The number of hydrogen-bond donors (Lipinski definition) is 1. The highest BCUT2D eigenvalue weighted by Crippen LogP contribution is 2.33. The Labute approximate surface area is 188 Å². The summed E-state index contributed by atoms with van der Waals surface area (Å²) in [7, 11) is 5.68. The van der Waals surface area contributed by atoms with Crippen LogP contribution in [0.4, 0.5) is 5.82 Å². The van der Waals surface area contributed by atoms with E-state index in [1.807, 2.05) is 53.9 Å². The summed E-state index contributed by atoms with van der Waals surface area (Å²) in [6, 6.07) is 12.1. The lowest BCUT2D eigenvalue weighted by Crippen LogP contribution is -2.61. The number of nitrogens with zero attached hydrogens (tertiary/aromatic N) is 4. The van der Waals surface area contributed by atoms with Crippen molar-refractivity contribution >= 4 is 41.2 Å². The highest BCUT2D eigenvalue weighted by molar-refractivity contribution is 6.62. The second-order valence-electron chi connectivity index (χ2n) is 8.61. The van der Waals surface area contributed by atoms with Gasteiger partial charge in [-0.15, -0.1) is 10.2 Å².